The zero-order valence-corrected chi connectivity index (χ0v) is 17.3. The molecule has 0 fully saturated rings. The summed E-state index contributed by atoms with van der Waals surface area (Å²) >= 11 is 0. The van der Waals surface area contributed by atoms with Crippen LogP contribution in [0.5, 0.6) is 5.75 Å². The molecule has 1 aliphatic carbocycles. The van der Waals surface area contributed by atoms with Gasteiger partial charge in [0.25, 0.3) is 5.91 Å². The molecular weight excluding hydrogens is 364 g/mol. The largest absolute Gasteiger partial charge is 0.497 e. The molecule has 2 heterocycles. The molecule has 6 nitrogen and oxygen atoms in total. The Kier molecular flexibility index (Phi) is 4.86. The van der Waals surface area contributed by atoms with Crippen molar-refractivity contribution in [3.05, 3.63) is 71.2 Å². The number of nitrogens with one attached hydrogen (secondary N) is 1. The third kappa shape index (κ3) is 3.75. The first-order valence-corrected chi connectivity index (χ1v) is 9.83. The molecule has 1 aliphatic rings. The molecule has 1 N–H and O–H groups in total. The third-order valence-electron chi connectivity index (χ3n) is 5.46. The molecule has 3 aromatic rings. The Balaban J connectivity index is 1.71. The number of methoxy groups -OCH3 is 1. The number of aromatic nitrogens is 3. The van der Waals surface area contributed by atoms with Gasteiger partial charge in [-0.1, -0.05) is 26.0 Å². The van der Waals surface area contributed by atoms with Crippen molar-refractivity contribution >= 4 is 5.91 Å². The zero-order valence-electron chi connectivity index (χ0n) is 17.3. The number of aryl methyl sites for hydroxylation is 1. The number of benzene rings is 1. The van der Waals surface area contributed by atoms with E-state index in [2.05, 4.69) is 24.1 Å². The van der Waals surface area contributed by atoms with Crippen LogP contribution in [0.1, 0.15) is 53.6 Å². The lowest BCUT2D eigenvalue weighted by molar-refractivity contribution is 0.0918. The monoisotopic (exact) mass is 390 g/mol. The molecule has 29 heavy (non-hydrogen) atoms. The van der Waals surface area contributed by atoms with Crippen LogP contribution < -0.4 is 10.1 Å². The van der Waals surface area contributed by atoms with E-state index < -0.39 is 0 Å². The summed E-state index contributed by atoms with van der Waals surface area (Å²) in [5, 5.41) is 8.00. The lowest BCUT2D eigenvalue weighted by Crippen LogP contribution is -2.37. The number of carbonyl (C=O) groups is 1. The van der Waals surface area contributed by atoms with Crippen molar-refractivity contribution in [2.75, 3.05) is 7.11 Å². The molecule has 4 rings (SSSR count). The van der Waals surface area contributed by atoms with Gasteiger partial charge >= 0.3 is 0 Å². The maximum atomic E-state index is 13.0. The minimum absolute atomic E-state index is 0.0261. The predicted molar refractivity (Wildman–Crippen MR) is 111 cm³/mol. The second-order valence-electron chi connectivity index (χ2n) is 8.35. The summed E-state index contributed by atoms with van der Waals surface area (Å²) in [5.74, 6) is 1.36. The van der Waals surface area contributed by atoms with Crippen molar-refractivity contribution < 1.29 is 9.53 Å². The molecule has 1 unspecified atom stereocenters. The van der Waals surface area contributed by atoms with Crippen molar-refractivity contribution in [3.63, 3.8) is 0 Å². The Hall–Kier alpha value is -3.15. The fourth-order valence-corrected chi connectivity index (χ4v) is 4.19. The topological polar surface area (TPSA) is 69.0 Å². The van der Waals surface area contributed by atoms with E-state index >= 15 is 0 Å². The molecular formula is C23H26N4O2. The molecule has 0 bridgehead atoms. The first kappa shape index (κ1) is 19.2. The van der Waals surface area contributed by atoms with Gasteiger partial charge in [-0.25, -0.2) is 9.67 Å². The van der Waals surface area contributed by atoms with Crippen LogP contribution in [0.15, 0.2) is 48.7 Å². The average molecular weight is 390 g/mol. The van der Waals surface area contributed by atoms with Crippen LogP contribution >= 0.6 is 0 Å². The average Bonchev–Trinajstić information content (AvgIpc) is 3.03. The van der Waals surface area contributed by atoms with Crippen LogP contribution in [0.3, 0.4) is 0 Å². The van der Waals surface area contributed by atoms with Crippen LogP contribution in [0, 0.1) is 12.3 Å². The van der Waals surface area contributed by atoms with E-state index in [0.717, 1.165) is 35.6 Å². The second-order valence-corrected chi connectivity index (χ2v) is 8.35. The number of fused-ring (bicyclic) bond motifs is 1. The Morgan fingerprint density at radius 2 is 2.07 bits per heavy atom. The maximum absolute atomic E-state index is 13.0. The number of rotatable bonds is 4. The summed E-state index contributed by atoms with van der Waals surface area (Å²) in [7, 11) is 1.60. The lowest BCUT2D eigenvalue weighted by Gasteiger charge is -2.36. The van der Waals surface area contributed by atoms with Crippen molar-refractivity contribution in [2.24, 2.45) is 5.41 Å². The summed E-state index contributed by atoms with van der Waals surface area (Å²) in [6.07, 6.45) is 3.50. The SMILES string of the molecule is COc1cccc(C(=O)NC2CC(C)(C)Cc3c2c(C)nn3-c2ccccn2)c1. The third-order valence-corrected chi connectivity index (χ3v) is 5.46. The van der Waals surface area contributed by atoms with Gasteiger partial charge in [-0.2, -0.15) is 5.10 Å². The normalized spacial score (nSPS) is 17.4. The van der Waals surface area contributed by atoms with Gasteiger partial charge in [0.1, 0.15) is 5.75 Å². The van der Waals surface area contributed by atoms with Gasteiger partial charge in [-0.3, -0.25) is 4.79 Å². The molecule has 0 aliphatic heterocycles. The summed E-state index contributed by atoms with van der Waals surface area (Å²) in [6.45, 7) is 6.46. The van der Waals surface area contributed by atoms with Crippen LogP contribution in [-0.2, 0) is 6.42 Å². The summed E-state index contributed by atoms with van der Waals surface area (Å²) in [5.41, 5.74) is 3.76. The predicted octanol–water partition coefficient (Wildman–Crippen LogP) is 4.03. The van der Waals surface area contributed by atoms with E-state index in [4.69, 9.17) is 9.84 Å². The minimum Gasteiger partial charge on any atom is -0.497 e. The van der Waals surface area contributed by atoms with Gasteiger partial charge in [0.15, 0.2) is 5.82 Å². The highest BCUT2D eigenvalue weighted by molar-refractivity contribution is 5.94. The standard InChI is InChI=1S/C23H26N4O2/c1-15-21-18(25-22(28)16-8-7-9-17(12-16)29-4)13-23(2,3)14-19(21)27(26-15)20-10-5-6-11-24-20/h5-12,18H,13-14H2,1-4H3,(H,25,28). The van der Waals surface area contributed by atoms with Crippen LogP contribution in [0.4, 0.5) is 0 Å². The molecule has 1 atom stereocenters. The second kappa shape index (κ2) is 7.35. The Morgan fingerprint density at radius 1 is 1.24 bits per heavy atom. The molecule has 0 saturated carbocycles. The van der Waals surface area contributed by atoms with Gasteiger partial charge in [-0.05, 0) is 55.5 Å². The number of ether oxygens (including phenoxy) is 1. The Bertz CT molecular complexity index is 1040. The Labute approximate surface area is 170 Å². The van der Waals surface area contributed by atoms with Gasteiger partial charge < -0.3 is 10.1 Å². The fourth-order valence-electron chi connectivity index (χ4n) is 4.19. The molecule has 1 amide bonds. The number of pyridine rings is 1. The van der Waals surface area contributed by atoms with Crippen LogP contribution in [-0.4, -0.2) is 27.8 Å². The highest BCUT2D eigenvalue weighted by Gasteiger charge is 2.37. The molecule has 1 aromatic carbocycles. The van der Waals surface area contributed by atoms with Gasteiger partial charge in [0, 0.05) is 17.3 Å². The number of carbonyl (C=O) groups excluding carboxylic acids is 1. The van der Waals surface area contributed by atoms with Gasteiger partial charge in [-0.15, -0.1) is 0 Å². The minimum atomic E-state index is -0.109. The number of hydrogen-bond donors (Lipinski definition) is 1. The van der Waals surface area contributed by atoms with Crippen molar-refractivity contribution in [1.82, 2.24) is 20.1 Å². The highest BCUT2D eigenvalue weighted by atomic mass is 16.5. The van der Waals surface area contributed by atoms with E-state index in [1.165, 1.54) is 0 Å². The highest BCUT2D eigenvalue weighted by Crippen LogP contribution is 2.42. The first-order valence-electron chi connectivity index (χ1n) is 9.83. The van der Waals surface area contributed by atoms with Crippen molar-refractivity contribution in [1.29, 1.82) is 0 Å². The summed E-state index contributed by atoms with van der Waals surface area (Å²) in [6, 6.07) is 12.9. The summed E-state index contributed by atoms with van der Waals surface area (Å²) < 4.78 is 7.18. The van der Waals surface area contributed by atoms with Crippen molar-refractivity contribution in [2.45, 2.75) is 39.7 Å². The molecule has 150 valence electrons. The zero-order chi connectivity index (χ0) is 20.6. The van der Waals surface area contributed by atoms with E-state index in [1.807, 2.05) is 41.9 Å². The molecule has 2 aromatic heterocycles. The first-order chi connectivity index (χ1) is 13.9. The van der Waals surface area contributed by atoms with E-state index in [0.29, 0.717) is 11.3 Å². The van der Waals surface area contributed by atoms with E-state index in [1.54, 1.807) is 25.4 Å². The van der Waals surface area contributed by atoms with Crippen molar-refractivity contribution in [3.8, 4) is 11.6 Å². The van der Waals surface area contributed by atoms with Crippen LogP contribution in [0.25, 0.3) is 5.82 Å². The summed E-state index contributed by atoms with van der Waals surface area (Å²) in [4.78, 5) is 17.5. The van der Waals surface area contributed by atoms with Gasteiger partial charge in [0.2, 0.25) is 0 Å². The number of nitrogens with zero attached hydrogens (tertiary/aromatic N) is 3. The fraction of sp³-hybridized carbons (Fsp3) is 0.348. The molecule has 0 saturated heterocycles. The van der Waals surface area contributed by atoms with E-state index in [9.17, 15) is 4.79 Å². The molecule has 0 spiro atoms. The van der Waals surface area contributed by atoms with Crippen LogP contribution in [0.2, 0.25) is 0 Å². The molecule has 6 heteroatoms. The quantitative estimate of drug-likeness (QED) is 0.730. The Morgan fingerprint density at radius 3 is 2.79 bits per heavy atom. The molecule has 0 radical (unpaired) electrons. The van der Waals surface area contributed by atoms with E-state index in [-0.39, 0.29) is 17.4 Å². The number of hydrogen-bond acceptors (Lipinski definition) is 4. The van der Waals surface area contributed by atoms with Gasteiger partial charge in [0.05, 0.1) is 24.5 Å². The lowest BCUT2D eigenvalue weighted by atomic mass is 9.73. The maximum Gasteiger partial charge on any atom is 0.251 e. The number of amides is 1. The smallest absolute Gasteiger partial charge is 0.251 e.